The van der Waals surface area contributed by atoms with Gasteiger partial charge >= 0.3 is 0 Å². The number of amides is 1. The number of carboxylic acids is 1. The minimum Gasteiger partial charge on any atom is -0.550 e. The third-order valence-corrected chi connectivity index (χ3v) is 2.46. The Morgan fingerprint density at radius 2 is 2.07 bits per heavy atom. The molecule has 0 saturated heterocycles. The summed E-state index contributed by atoms with van der Waals surface area (Å²) >= 11 is 0. The molecule has 0 bridgehead atoms. The van der Waals surface area contributed by atoms with Gasteiger partial charge in [-0.3, -0.25) is 4.79 Å². The van der Waals surface area contributed by atoms with Crippen molar-refractivity contribution in [1.82, 2.24) is 5.43 Å². The average Bonchev–Trinajstić information content (AvgIpc) is 2.22. The fourth-order valence-corrected chi connectivity index (χ4v) is 1.76. The Kier molecular flexibility index (Phi) is 2.37. The second-order valence-corrected chi connectivity index (χ2v) is 3.45. The SMILES string of the molecule is O=C([O-])CC1=NNC(=O)[C@H]2C=CC=C[C@H]12. The third-order valence-electron chi connectivity index (χ3n) is 2.46. The molecular formula is C10H9N2O3-. The minimum absolute atomic E-state index is 0.206. The molecule has 2 atom stereocenters. The van der Waals surface area contributed by atoms with E-state index in [1.165, 1.54) is 0 Å². The number of nitrogens with zero attached hydrogens (tertiary/aromatic N) is 1. The first-order chi connectivity index (χ1) is 7.18. The first kappa shape index (κ1) is 9.64. The Hall–Kier alpha value is -1.91. The zero-order valence-electron chi connectivity index (χ0n) is 7.84. The van der Waals surface area contributed by atoms with Crippen LogP contribution < -0.4 is 10.5 Å². The molecule has 0 saturated carbocycles. The van der Waals surface area contributed by atoms with Crippen LogP contribution in [-0.2, 0) is 9.59 Å². The van der Waals surface area contributed by atoms with Gasteiger partial charge in [-0.1, -0.05) is 24.3 Å². The first-order valence-corrected chi connectivity index (χ1v) is 4.59. The van der Waals surface area contributed by atoms with E-state index in [9.17, 15) is 14.7 Å². The molecule has 5 heteroatoms. The summed E-state index contributed by atoms with van der Waals surface area (Å²) in [5.74, 6) is -1.99. The van der Waals surface area contributed by atoms with E-state index in [1.54, 1.807) is 24.3 Å². The minimum atomic E-state index is -1.19. The van der Waals surface area contributed by atoms with Gasteiger partial charge in [-0.25, -0.2) is 5.43 Å². The molecule has 1 heterocycles. The molecule has 2 rings (SSSR count). The van der Waals surface area contributed by atoms with Crippen LogP contribution in [0.1, 0.15) is 6.42 Å². The quantitative estimate of drug-likeness (QED) is 0.625. The fraction of sp³-hybridized carbons (Fsp3) is 0.300. The summed E-state index contributed by atoms with van der Waals surface area (Å²) in [5.41, 5.74) is 2.74. The maximum Gasteiger partial charge on any atom is 0.247 e. The van der Waals surface area contributed by atoms with Crippen molar-refractivity contribution in [3.05, 3.63) is 24.3 Å². The van der Waals surface area contributed by atoms with Crippen molar-refractivity contribution < 1.29 is 14.7 Å². The van der Waals surface area contributed by atoms with Crippen LogP contribution in [0.5, 0.6) is 0 Å². The van der Waals surface area contributed by atoms with E-state index in [0.717, 1.165) is 0 Å². The van der Waals surface area contributed by atoms with E-state index in [0.29, 0.717) is 5.71 Å². The number of hydrogen-bond donors (Lipinski definition) is 1. The highest BCUT2D eigenvalue weighted by Gasteiger charge is 2.32. The number of carbonyl (C=O) groups is 2. The smallest absolute Gasteiger partial charge is 0.247 e. The van der Waals surface area contributed by atoms with Crippen LogP contribution in [0.15, 0.2) is 29.4 Å². The lowest BCUT2D eigenvalue weighted by atomic mass is 9.82. The molecular weight excluding hydrogens is 196 g/mol. The molecule has 0 aromatic rings. The van der Waals surface area contributed by atoms with Crippen molar-refractivity contribution in [3.8, 4) is 0 Å². The molecule has 2 aliphatic rings. The summed E-state index contributed by atoms with van der Waals surface area (Å²) in [4.78, 5) is 21.9. The van der Waals surface area contributed by atoms with Crippen LogP contribution in [0.4, 0.5) is 0 Å². The molecule has 1 N–H and O–H groups in total. The highest BCUT2D eigenvalue weighted by molar-refractivity contribution is 6.04. The van der Waals surface area contributed by atoms with Gasteiger partial charge in [-0.2, -0.15) is 5.10 Å². The number of allylic oxidation sites excluding steroid dienone is 3. The lowest BCUT2D eigenvalue weighted by Crippen LogP contribution is -2.42. The predicted octanol–water partition coefficient (Wildman–Crippen LogP) is -1.03. The van der Waals surface area contributed by atoms with Crippen molar-refractivity contribution in [2.24, 2.45) is 16.9 Å². The van der Waals surface area contributed by atoms with Crippen LogP contribution in [0, 0.1) is 11.8 Å². The maximum absolute atomic E-state index is 11.4. The molecule has 0 aromatic carbocycles. The van der Waals surface area contributed by atoms with Gasteiger partial charge in [-0.05, 0) is 0 Å². The second-order valence-electron chi connectivity index (χ2n) is 3.45. The van der Waals surface area contributed by atoms with Gasteiger partial charge in [0.25, 0.3) is 0 Å². The summed E-state index contributed by atoms with van der Waals surface area (Å²) in [6, 6.07) is 0. The molecule has 0 radical (unpaired) electrons. The average molecular weight is 205 g/mol. The largest absolute Gasteiger partial charge is 0.550 e. The number of fused-ring (bicyclic) bond motifs is 1. The van der Waals surface area contributed by atoms with Crippen LogP contribution in [-0.4, -0.2) is 17.6 Å². The molecule has 15 heavy (non-hydrogen) atoms. The topological polar surface area (TPSA) is 81.6 Å². The van der Waals surface area contributed by atoms with Crippen molar-refractivity contribution in [2.45, 2.75) is 6.42 Å². The summed E-state index contributed by atoms with van der Waals surface area (Å²) in [6.07, 6.45) is 6.82. The van der Waals surface area contributed by atoms with Crippen LogP contribution >= 0.6 is 0 Å². The Morgan fingerprint density at radius 3 is 2.73 bits per heavy atom. The van der Waals surface area contributed by atoms with Crippen LogP contribution in [0.3, 0.4) is 0 Å². The highest BCUT2D eigenvalue weighted by Crippen LogP contribution is 2.25. The zero-order valence-corrected chi connectivity index (χ0v) is 7.84. The molecule has 0 unspecified atom stereocenters. The fourth-order valence-electron chi connectivity index (χ4n) is 1.76. The summed E-state index contributed by atoms with van der Waals surface area (Å²) < 4.78 is 0. The lowest BCUT2D eigenvalue weighted by molar-refractivity contribution is -0.303. The second kappa shape index (κ2) is 3.68. The molecule has 78 valence electrons. The normalized spacial score (nSPS) is 28.0. The molecule has 1 aliphatic heterocycles. The van der Waals surface area contributed by atoms with Crippen LogP contribution in [0.25, 0.3) is 0 Å². The zero-order chi connectivity index (χ0) is 10.8. The summed E-state index contributed by atoms with van der Waals surface area (Å²) in [5, 5.41) is 14.2. The van der Waals surface area contributed by atoms with E-state index < -0.39 is 5.97 Å². The molecule has 0 fully saturated rings. The van der Waals surface area contributed by atoms with Gasteiger partial charge in [0.15, 0.2) is 0 Å². The van der Waals surface area contributed by atoms with Gasteiger partial charge in [-0.15, -0.1) is 0 Å². The van der Waals surface area contributed by atoms with Gasteiger partial charge in [0, 0.05) is 18.3 Å². The number of hydrogen-bond acceptors (Lipinski definition) is 4. The van der Waals surface area contributed by atoms with Crippen molar-refractivity contribution in [2.75, 3.05) is 0 Å². The molecule has 1 aliphatic carbocycles. The number of aliphatic carboxylic acids is 1. The summed E-state index contributed by atoms with van der Waals surface area (Å²) in [6.45, 7) is 0. The Balaban J connectivity index is 2.26. The molecule has 0 aromatic heterocycles. The number of rotatable bonds is 2. The number of carboxylic acid groups (broad SMARTS) is 1. The first-order valence-electron chi connectivity index (χ1n) is 4.59. The predicted molar refractivity (Wildman–Crippen MR) is 50.5 cm³/mol. The summed E-state index contributed by atoms with van der Waals surface area (Å²) in [7, 11) is 0. The van der Waals surface area contributed by atoms with Crippen LogP contribution in [0.2, 0.25) is 0 Å². The van der Waals surface area contributed by atoms with E-state index in [2.05, 4.69) is 10.5 Å². The molecule has 5 nitrogen and oxygen atoms in total. The maximum atomic E-state index is 11.4. The van der Waals surface area contributed by atoms with E-state index >= 15 is 0 Å². The number of hydrazone groups is 1. The standard InChI is InChI=1S/C10H10N2O3/c13-9(14)5-8-6-3-1-2-4-7(6)10(15)12-11-8/h1-4,6-7H,5H2,(H,12,15)(H,13,14)/p-1/t6-,7-/m0/s1. The van der Waals surface area contributed by atoms with Gasteiger partial charge in [0.1, 0.15) is 0 Å². The Morgan fingerprint density at radius 1 is 1.40 bits per heavy atom. The highest BCUT2D eigenvalue weighted by atomic mass is 16.4. The molecule has 0 spiro atoms. The number of carbonyl (C=O) groups excluding carboxylic acids is 2. The van der Waals surface area contributed by atoms with Crippen molar-refractivity contribution in [3.63, 3.8) is 0 Å². The molecule has 1 amide bonds. The van der Waals surface area contributed by atoms with Gasteiger partial charge in [0.05, 0.1) is 11.6 Å². The van der Waals surface area contributed by atoms with E-state index in [-0.39, 0.29) is 24.2 Å². The van der Waals surface area contributed by atoms with Crippen molar-refractivity contribution >= 4 is 17.6 Å². The Bertz CT molecular complexity index is 395. The van der Waals surface area contributed by atoms with Gasteiger partial charge in [0.2, 0.25) is 5.91 Å². The van der Waals surface area contributed by atoms with Crippen molar-refractivity contribution in [1.29, 1.82) is 0 Å². The monoisotopic (exact) mass is 205 g/mol. The van der Waals surface area contributed by atoms with E-state index in [4.69, 9.17) is 0 Å². The number of nitrogens with one attached hydrogen (secondary N) is 1. The Labute approximate surface area is 86.2 Å². The third kappa shape index (κ3) is 1.81. The van der Waals surface area contributed by atoms with Gasteiger partial charge < -0.3 is 9.90 Å². The van der Waals surface area contributed by atoms with E-state index in [1.807, 2.05) is 0 Å². The lowest BCUT2D eigenvalue weighted by Gasteiger charge is -2.28.